The fourth-order valence-electron chi connectivity index (χ4n) is 2.56. The predicted octanol–water partition coefficient (Wildman–Crippen LogP) is 3.30. The van der Waals surface area contributed by atoms with Crippen LogP contribution in [0.15, 0.2) is 54.9 Å². The van der Waals surface area contributed by atoms with Gasteiger partial charge in [-0.1, -0.05) is 24.3 Å². The number of ether oxygens (including phenoxy) is 1. The number of carbonyl (C=O) groups excluding carboxylic acids is 2. The second-order valence-corrected chi connectivity index (χ2v) is 5.11. The number of benzene rings is 2. The van der Waals surface area contributed by atoms with Gasteiger partial charge in [0.1, 0.15) is 5.75 Å². The van der Waals surface area contributed by atoms with Gasteiger partial charge in [0.15, 0.2) is 0 Å². The van der Waals surface area contributed by atoms with Crippen molar-refractivity contribution in [3.63, 3.8) is 0 Å². The van der Waals surface area contributed by atoms with Crippen molar-refractivity contribution < 1.29 is 18.7 Å². The summed E-state index contributed by atoms with van der Waals surface area (Å²) in [5, 5.41) is 0. The Kier molecular flexibility index (Phi) is 3.93. The molecular weight excluding hydrogens is 297 g/mol. The van der Waals surface area contributed by atoms with Crippen molar-refractivity contribution in [3.8, 4) is 5.75 Å². The van der Waals surface area contributed by atoms with Gasteiger partial charge in [0.05, 0.1) is 31.1 Å². The van der Waals surface area contributed by atoms with Crippen LogP contribution in [0.3, 0.4) is 0 Å². The van der Waals surface area contributed by atoms with Crippen molar-refractivity contribution in [3.05, 3.63) is 71.6 Å². The molecule has 4 nitrogen and oxygen atoms in total. The standard InChI is InChI=1S/C18H14FNO3/c1-23-14-6-4-5-12(9-14)13(10-19)11-20-17(21)15-7-2-3-8-16(15)18(20)22/h2-10H,11H2,1H3/b13-10-. The first-order valence-electron chi connectivity index (χ1n) is 7.04. The zero-order chi connectivity index (χ0) is 16.4. The van der Waals surface area contributed by atoms with Crippen LogP contribution < -0.4 is 4.74 Å². The second kappa shape index (κ2) is 6.04. The highest BCUT2D eigenvalue weighted by Gasteiger charge is 2.35. The predicted molar refractivity (Wildman–Crippen MR) is 83.9 cm³/mol. The van der Waals surface area contributed by atoms with Gasteiger partial charge in [-0.25, -0.2) is 4.39 Å². The summed E-state index contributed by atoms with van der Waals surface area (Å²) in [6, 6.07) is 13.4. The van der Waals surface area contributed by atoms with Crippen LogP contribution >= 0.6 is 0 Å². The molecule has 2 aromatic carbocycles. The van der Waals surface area contributed by atoms with Crippen LogP contribution in [0.5, 0.6) is 5.75 Å². The van der Waals surface area contributed by atoms with Crippen molar-refractivity contribution in [2.45, 2.75) is 0 Å². The zero-order valence-corrected chi connectivity index (χ0v) is 12.5. The van der Waals surface area contributed by atoms with Crippen molar-refractivity contribution in [2.75, 3.05) is 13.7 Å². The fourth-order valence-corrected chi connectivity index (χ4v) is 2.56. The number of hydrogen-bond donors (Lipinski definition) is 0. The third kappa shape index (κ3) is 2.61. The molecule has 23 heavy (non-hydrogen) atoms. The molecule has 1 heterocycles. The molecule has 3 rings (SSSR count). The summed E-state index contributed by atoms with van der Waals surface area (Å²) in [6.45, 7) is -0.129. The first-order chi connectivity index (χ1) is 11.2. The molecule has 1 aliphatic heterocycles. The van der Waals surface area contributed by atoms with Gasteiger partial charge >= 0.3 is 0 Å². The first kappa shape index (κ1) is 15.0. The Labute approximate surface area is 132 Å². The molecule has 0 saturated heterocycles. The van der Waals surface area contributed by atoms with Gasteiger partial charge in [0.2, 0.25) is 0 Å². The zero-order valence-electron chi connectivity index (χ0n) is 12.5. The van der Waals surface area contributed by atoms with E-state index in [-0.39, 0.29) is 12.1 Å². The molecule has 2 aromatic rings. The molecule has 116 valence electrons. The number of amides is 2. The first-order valence-corrected chi connectivity index (χ1v) is 7.04. The van der Waals surface area contributed by atoms with E-state index in [1.165, 1.54) is 7.11 Å². The summed E-state index contributed by atoms with van der Waals surface area (Å²) in [4.78, 5) is 25.7. The van der Waals surface area contributed by atoms with Crippen LogP contribution in [0.4, 0.5) is 4.39 Å². The summed E-state index contributed by atoms with van der Waals surface area (Å²) in [6.07, 6.45) is 0.415. The SMILES string of the molecule is COc1cccc(/C(=C\F)CN2C(=O)c3ccccc3C2=O)c1. The van der Waals surface area contributed by atoms with E-state index in [9.17, 15) is 14.0 Å². The Hall–Kier alpha value is -2.95. The molecule has 0 N–H and O–H groups in total. The molecule has 0 unspecified atom stereocenters. The molecule has 1 aliphatic rings. The monoisotopic (exact) mass is 311 g/mol. The Morgan fingerprint density at radius 1 is 1.09 bits per heavy atom. The lowest BCUT2D eigenvalue weighted by atomic mass is 10.1. The molecule has 0 atom stereocenters. The van der Waals surface area contributed by atoms with E-state index in [1.54, 1.807) is 48.5 Å². The van der Waals surface area contributed by atoms with Gasteiger partial charge in [-0.3, -0.25) is 14.5 Å². The number of nitrogens with zero attached hydrogens (tertiary/aromatic N) is 1. The van der Waals surface area contributed by atoms with Gasteiger partial charge in [0.25, 0.3) is 11.8 Å². The molecule has 0 aromatic heterocycles. The lowest BCUT2D eigenvalue weighted by molar-refractivity contribution is 0.0674. The minimum absolute atomic E-state index is 0.129. The van der Waals surface area contributed by atoms with E-state index in [0.29, 0.717) is 28.8 Å². The minimum Gasteiger partial charge on any atom is -0.497 e. The minimum atomic E-state index is -0.409. The van der Waals surface area contributed by atoms with Crippen LogP contribution in [0.2, 0.25) is 0 Å². The van der Waals surface area contributed by atoms with Crippen LogP contribution in [0, 0.1) is 0 Å². The summed E-state index contributed by atoms with van der Waals surface area (Å²) < 4.78 is 18.5. The highest BCUT2D eigenvalue weighted by molar-refractivity contribution is 6.21. The van der Waals surface area contributed by atoms with Gasteiger partial charge in [-0.15, -0.1) is 0 Å². The smallest absolute Gasteiger partial charge is 0.261 e. The maximum Gasteiger partial charge on any atom is 0.261 e. The quantitative estimate of drug-likeness (QED) is 0.814. The molecule has 0 radical (unpaired) electrons. The third-order valence-corrected chi connectivity index (χ3v) is 3.78. The topological polar surface area (TPSA) is 46.6 Å². The molecule has 5 heteroatoms. The molecule has 0 fully saturated rings. The summed E-state index contributed by atoms with van der Waals surface area (Å²) in [5.41, 5.74) is 1.49. The van der Waals surface area contributed by atoms with Gasteiger partial charge in [0, 0.05) is 5.57 Å². The van der Waals surface area contributed by atoms with Crippen molar-refractivity contribution in [1.29, 1.82) is 0 Å². The van der Waals surface area contributed by atoms with Crippen LogP contribution in [-0.2, 0) is 0 Å². The van der Waals surface area contributed by atoms with E-state index in [4.69, 9.17) is 4.74 Å². The van der Waals surface area contributed by atoms with E-state index < -0.39 is 11.8 Å². The van der Waals surface area contributed by atoms with Crippen LogP contribution in [-0.4, -0.2) is 30.4 Å². The number of methoxy groups -OCH3 is 1. The molecule has 0 bridgehead atoms. The molecule has 0 saturated carbocycles. The Bertz CT molecular complexity index is 778. The molecule has 2 amide bonds. The van der Waals surface area contributed by atoms with Gasteiger partial charge < -0.3 is 4.74 Å². The normalized spacial score (nSPS) is 14.2. The maximum atomic E-state index is 13.4. The highest BCUT2D eigenvalue weighted by Crippen LogP contribution is 2.27. The lowest BCUT2D eigenvalue weighted by Gasteiger charge is -2.16. The van der Waals surface area contributed by atoms with Gasteiger partial charge in [-0.05, 0) is 29.8 Å². The van der Waals surface area contributed by atoms with Crippen LogP contribution in [0.25, 0.3) is 5.57 Å². The Morgan fingerprint density at radius 2 is 1.74 bits per heavy atom. The van der Waals surface area contributed by atoms with Crippen molar-refractivity contribution >= 4 is 17.4 Å². The average molecular weight is 311 g/mol. The summed E-state index contributed by atoms with van der Waals surface area (Å²) in [5.74, 6) is -0.245. The number of fused-ring (bicyclic) bond motifs is 1. The third-order valence-electron chi connectivity index (χ3n) is 3.78. The van der Waals surface area contributed by atoms with E-state index >= 15 is 0 Å². The molecular formula is C18H14FNO3. The Morgan fingerprint density at radius 3 is 2.30 bits per heavy atom. The number of hydrogen-bond acceptors (Lipinski definition) is 3. The fraction of sp³-hybridized carbons (Fsp3) is 0.111. The van der Waals surface area contributed by atoms with E-state index in [2.05, 4.69) is 0 Å². The number of carbonyl (C=O) groups is 2. The second-order valence-electron chi connectivity index (χ2n) is 5.11. The van der Waals surface area contributed by atoms with Crippen molar-refractivity contribution in [1.82, 2.24) is 4.90 Å². The van der Waals surface area contributed by atoms with E-state index in [1.807, 2.05) is 0 Å². The lowest BCUT2D eigenvalue weighted by Crippen LogP contribution is -2.31. The Balaban J connectivity index is 1.89. The largest absolute Gasteiger partial charge is 0.497 e. The summed E-state index contributed by atoms with van der Waals surface area (Å²) in [7, 11) is 1.52. The number of imide groups is 1. The average Bonchev–Trinajstić information content (AvgIpc) is 2.84. The maximum absolute atomic E-state index is 13.4. The molecule has 0 spiro atoms. The van der Waals surface area contributed by atoms with Crippen LogP contribution in [0.1, 0.15) is 26.3 Å². The van der Waals surface area contributed by atoms with Crippen molar-refractivity contribution in [2.24, 2.45) is 0 Å². The summed E-state index contributed by atoms with van der Waals surface area (Å²) >= 11 is 0. The van der Waals surface area contributed by atoms with E-state index in [0.717, 1.165) is 4.90 Å². The highest BCUT2D eigenvalue weighted by atomic mass is 19.1. The number of halogens is 1. The van der Waals surface area contributed by atoms with Gasteiger partial charge in [-0.2, -0.15) is 0 Å². The molecule has 0 aliphatic carbocycles. The number of rotatable bonds is 4.